The van der Waals surface area contributed by atoms with Crippen molar-refractivity contribution < 1.29 is 0 Å². The van der Waals surface area contributed by atoms with E-state index in [1.54, 1.807) is 0 Å². The van der Waals surface area contributed by atoms with Gasteiger partial charge in [-0.3, -0.25) is 9.89 Å². The molecule has 4 heteroatoms. The van der Waals surface area contributed by atoms with E-state index in [9.17, 15) is 0 Å². The number of rotatable bonds is 2. The SMILES string of the molecule is ClC1N=CC(CN2CC3(CCCCC3)C2)=CN1. The Morgan fingerprint density at radius 2 is 2.12 bits per heavy atom. The van der Waals surface area contributed by atoms with E-state index < -0.39 is 0 Å². The first kappa shape index (κ1) is 11.5. The molecule has 0 aromatic carbocycles. The van der Waals surface area contributed by atoms with Crippen molar-refractivity contribution in [1.29, 1.82) is 0 Å². The molecule has 0 radical (unpaired) electrons. The van der Waals surface area contributed by atoms with E-state index in [0.29, 0.717) is 5.41 Å². The monoisotopic (exact) mass is 253 g/mol. The topological polar surface area (TPSA) is 27.6 Å². The van der Waals surface area contributed by atoms with Gasteiger partial charge in [0, 0.05) is 32.0 Å². The highest BCUT2D eigenvalue weighted by molar-refractivity contribution is 6.20. The molecule has 1 atom stereocenters. The van der Waals surface area contributed by atoms with Crippen molar-refractivity contribution in [2.45, 2.75) is 37.7 Å². The zero-order valence-corrected chi connectivity index (χ0v) is 10.9. The molecular weight excluding hydrogens is 234 g/mol. The Morgan fingerprint density at radius 3 is 2.76 bits per heavy atom. The molecule has 3 nitrogen and oxygen atoms in total. The smallest absolute Gasteiger partial charge is 0.194 e. The van der Waals surface area contributed by atoms with Crippen LogP contribution in [0.4, 0.5) is 0 Å². The number of aliphatic imine (C=N–C) groups is 1. The molecule has 1 aliphatic carbocycles. The second kappa shape index (κ2) is 4.62. The van der Waals surface area contributed by atoms with E-state index in [0.717, 1.165) is 6.54 Å². The number of hydrogen-bond donors (Lipinski definition) is 1. The highest BCUT2D eigenvalue weighted by Crippen LogP contribution is 2.43. The predicted molar refractivity (Wildman–Crippen MR) is 71.3 cm³/mol. The minimum Gasteiger partial charge on any atom is -0.357 e. The third kappa shape index (κ3) is 2.50. The predicted octanol–water partition coefficient (Wildman–Crippen LogP) is 2.33. The molecule has 1 saturated carbocycles. The molecule has 2 heterocycles. The summed E-state index contributed by atoms with van der Waals surface area (Å²) >= 11 is 5.82. The Balaban J connectivity index is 1.48. The first-order chi connectivity index (χ1) is 8.26. The molecule has 1 N–H and O–H groups in total. The van der Waals surface area contributed by atoms with Gasteiger partial charge in [-0.25, -0.2) is 0 Å². The lowest BCUT2D eigenvalue weighted by atomic mass is 9.68. The molecule has 1 unspecified atom stereocenters. The summed E-state index contributed by atoms with van der Waals surface area (Å²) in [6.45, 7) is 3.58. The zero-order valence-electron chi connectivity index (χ0n) is 10.2. The Bertz CT molecular complexity index is 337. The molecule has 0 bridgehead atoms. The van der Waals surface area contributed by atoms with Gasteiger partial charge in [0.25, 0.3) is 0 Å². The summed E-state index contributed by atoms with van der Waals surface area (Å²) in [7, 11) is 0. The number of nitrogens with one attached hydrogen (secondary N) is 1. The highest BCUT2D eigenvalue weighted by atomic mass is 35.5. The molecule has 0 amide bonds. The fourth-order valence-corrected chi connectivity index (χ4v) is 3.51. The van der Waals surface area contributed by atoms with Crippen LogP contribution in [-0.4, -0.2) is 36.4 Å². The summed E-state index contributed by atoms with van der Waals surface area (Å²) in [6, 6.07) is 0. The lowest BCUT2D eigenvalue weighted by Crippen LogP contribution is -2.57. The van der Waals surface area contributed by atoms with Crippen molar-refractivity contribution in [2.75, 3.05) is 19.6 Å². The van der Waals surface area contributed by atoms with E-state index in [4.69, 9.17) is 11.6 Å². The van der Waals surface area contributed by atoms with E-state index in [2.05, 4.69) is 15.2 Å². The molecule has 1 saturated heterocycles. The van der Waals surface area contributed by atoms with Crippen molar-refractivity contribution in [3.63, 3.8) is 0 Å². The molecule has 3 rings (SSSR count). The van der Waals surface area contributed by atoms with Gasteiger partial charge in [-0.05, 0) is 23.8 Å². The summed E-state index contributed by atoms with van der Waals surface area (Å²) in [5.74, 6) is 0. The highest BCUT2D eigenvalue weighted by Gasteiger charge is 2.42. The summed E-state index contributed by atoms with van der Waals surface area (Å²) in [6.07, 6.45) is 11.1. The first-order valence-electron chi connectivity index (χ1n) is 6.61. The van der Waals surface area contributed by atoms with Crippen LogP contribution in [0.3, 0.4) is 0 Å². The Morgan fingerprint density at radius 1 is 1.35 bits per heavy atom. The lowest BCUT2D eigenvalue weighted by molar-refractivity contribution is -0.0207. The van der Waals surface area contributed by atoms with Crippen LogP contribution in [-0.2, 0) is 0 Å². The van der Waals surface area contributed by atoms with Crippen molar-refractivity contribution in [3.05, 3.63) is 11.8 Å². The number of likely N-dealkylation sites (tertiary alicyclic amines) is 1. The molecule has 3 aliphatic rings. The Kier molecular flexibility index (Phi) is 3.14. The zero-order chi connectivity index (χ0) is 11.7. The summed E-state index contributed by atoms with van der Waals surface area (Å²) in [5, 5.41) is 3.04. The normalized spacial score (nSPS) is 31.8. The van der Waals surface area contributed by atoms with Crippen LogP contribution in [0.2, 0.25) is 0 Å². The Labute approximate surface area is 108 Å². The molecule has 17 heavy (non-hydrogen) atoms. The maximum atomic E-state index is 5.82. The molecule has 2 aliphatic heterocycles. The van der Waals surface area contributed by atoms with Crippen LogP contribution in [0.5, 0.6) is 0 Å². The van der Waals surface area contributed by atoms with E-state index in [-0.39, 0.29) is 5.62 Å². The van der Waals surface area contributed by atoms with Crippen LogP contribution >= 0.6 is 11.6 Å². The van der Waals surface area contributed by atoms with Crippen LogP contribution in [0.25, 0.3) is 0 Å². The summed E-state index contributed by atoms with van der Waals surface area (Å²) in [4.78, 5) is 6.69. The maximum absolute atomic E-state index is 5.82. The third-order valence-electron chi connectivity index (χ3n) is 4.22. The fourth-order valence-electron chi connectivity index (χ4n) is 3.39. The molecule has 0 aromatic heterocycles. The number of halogens is 1. The van der Waals surface area contributed by atoms with Crippen molar-refractivity contribution in [2.24, 2.45) is 10.4 Å². The number of hydrogen-bond acceptors (Lipinski definition) is 3. The quantitative estimate of drug-likeness (QED) is 0.604. The minimum atomic E-state index is -0.278. The molecule has 1 spiro atoms. The average Bonchev–Trinajstić information content (AvgIpc) is 2.31. The van der Waals surface area contributed by atoms with Gasteiger partial charge < -0.3 is 5.32 Å². The average molecular weight is 254 g/mol. The molecule has 94 valence electrons. The van der Waals surface area contributed by atoms with Crippen LogP contribution in [0.1, 0.15) is 32.1 Å². The second-order valence-electron chi connectivity index (χ2n) is 5.71. The van der Waals surface area contributed by atoms with Gasteiger partial charge in [0.05, 0.1) is 0 Å². The number of alkyl halides is 1. The fraction of sp³-hybridized carbons (Fsp3) is 0.769. The summed E-state index contributed by atoms with van der Waals surface area (Å²) in [5.41, 5.74) is 1.64. The van der Waals surface area contributed by atoms with Crippen LogP contribution < -0.4 is 5.32 Å². The van der Waals surface area contributed by atoms with Crippen molar-refractivity contribution >= 4 is 17.8 Å². The summed E-state index contributed by atoms with van der Waals surface area (Å²) < 4.78 is 0. The second-order valence-corrected chi connectivity index (χ2v) is 6.12. The maximum Gasteiger partial charge on any atom is 0.194 e. The van der Waals surface area contributed by atoms with E-state index in [1.807, 2.05) is 12.4 Å². The molecule has 2 fully saturated rings. The van der Waals surface area contributed by atoms with Crippen LogP contribution in [0.15, 0.2) is 16.8 Å². The van der Waals surface area contributed by atoms with Gasteiger partial charge in [0.15, 0.2) is 5.62 Å². The largest absolute Gasteiger partial charge is 0.357 e. The van der Waals surface area contributed by atoms with E-state index >= 15 is 0 Å². The third-order valence-corrected chi connectivity index (χ3v) is 4.45. The minimum absolute atomic E-state index is 0.278. The van der Waals surface area contributed by atoms with Crippen molar-refractivity contribution in [3.8, 4) is 0 Å². The van der Waals surface area contributed by atoms with Crippen LogP contribution in [0, 0.1) is 5.41 Å². The van der Waals surface area contributed by atoms with E-state index in [1.165, 1.54) is 50.8 Å². The first-order valence-corrected chi connectivity index (χ1v) is 7.04. The van der Waals surface area contributed by atoms with Crippen molar-refractivity contribution in [1.82, 2.24) is 10.2 Å². The standard InChI is InChI=1S/C13H20ClN3/c14-12-15-6-11(7-16-12)8-17-9-13(10-17)4-2-1-3-5-13/h6-7,12,15H,1-5,8-10H2. The van der Waals surface area contributed by atoms with Gasteiger partial charge >= 0.3 is 0 Å². The van der Waals surface area contributed by atoms with Gasteiger partial charge in [-0.15, -0.1) is 0 Å². The molecular formula is C13H20ClN3. The lowest BCUT2D eigenvalue weighted by Gasteiger charge is -2.52. The molecule has 0 aromatic rings. The Hall–Kier alpha value is -0.540. The number of nitrogens with zero attached hydrogens (tertiary/aromatic N) is 2. The van der Waals surface area contributed by atoms with Gasteiger partial charge in [0.2, 0.25) is 0 Å². The van der Waals surface area contributed by atoms with Gasteiger partial charge in [-0.1, -0.05) is 30.9 Å². The van der Waals surface area contributed by atoms with Gasteiger partial charge in [0.1, 0.15) is 0 Å². The van der Waals surface area contributed by atoms with Gasteiger partial charge in [-0.2, -0.15) is 0 Å².